The van der Waals surface area contributed by atoms with E-state index in [4.69, 9.17) is 19.3 Å². The molecule has 0 bridgehead atoms. The molecular formula is C16H21NO5. The summed E-state index contributed by atoms with van der Waals surface area (Å²) in [5.41, 5.74) is 0.750. The first-order chi connectivity index (χ1) is 10.7. The number of carboxylic acid groups (broad SMARTS) is 1. The van der Waals surface area contributed by atoms with E-state index in [0.29, 0.717) is 18.1 Å². The predicted octanol–water partition coefficient (Wildman–Crippen LogP) is 1.50. The van der Waals surface area contributed by atoms with Crippen LogP contribution in [0.5, 0.6) is 11.5 Å². The number of benzene rings is 1. The summed E-state index contributed by atoms with van der Waals surface area (Å²) in [7, 11) is 1.56. The monoisotopic (exact) mass is 307 g/mol. The van der Waals surface area contributed by atoms with E-state index in [1.807, 2.05) is 0 Å². The van der Waals surface area contributed by atoms with Crippen LogP contribution >= 0.6 is 0 Å². The van der Waals surface area contributed by atoms with Gasteiger partial charge in [0.1, 0.15) is 6.61 Å². The summed E-state index contributed by atoms with van der Waals surface area (Å²) in [5.74, 6) is 0.266. The zero-order chi connectivity index (χ0) is 15.8. The largest absolute Gasteiger partial charge is 0.493 e. The molecule has 6 nitrogen and oxygen atoms in total. The van der Waals surface area contributed by atoms with Crippen molar-refractivity contribution >= 4 is 12.0 Å². The topological polar surface area (TPSA) is 68.2 Å². The molecule has 1 aliphatic heterocycles. The molecule has 22 heavy (non-hydrogen) atoms. The second-order valence-electron chi connectivity index (χ2n) is 4.88. The molecule has 1 N–H and O–H groups in total. The van der Waals surface area contributed by atoms with E-state index in [9.17, 15) is 4.79 Å². The van der Waals surface area contributed by atoms with E-state index in [-0.39, 0.29) is 0 Å². The predicted molar refractivity (Wildman–Crippen MR) is 82.4 cm³/mol. The third-order valence-electron chi connectivity index (χ3n) is 3.37. The summed E-state index contributed by atoms with van der Waals surface area (Å²) >= 11 is 0. The van der Waals surface area contributed by atoms with Crippen LogP contribution in [0.15, 0.2) is 24.3 Å². The highest BCUT2D eigenvalue weighted by molar-refractivity contribution is 5.85. The number of hydrogen-bond donors (Lipinski definition) is 1. The molecule has 1 aromatic carbocycles. The molecule has 2 rings (SSSR count). The molecule has 0 radical (unpaired) electrons. The van der Waals surface area contributed by atoms with Crippen LogP contribution < -0.4 is 9.47 Å². The van der Waals surface area contributed by atoms with Crippen molar-refractivity contribution < 1.29 is 24.1 Å². The van der Waals surface area contributed by atoms with Gasteiger partial charge in [0.15, 0.2) is 11.5 Å². The van der Waals surface area contributed by atoms with Crippen molar-refractivity contribution in [1.29, 1.82) is 0 Å². The standard InChI is InChI=1S/C16H21NO5/c1-20-15-12-13(3-5-16(18)19)2-4-14(15)22-11-8-17-6-9-21-10-7-17/h2-5,12H,6-11H2,1H3,(H,18,19)/b5-3+. The number of methoxy groups -OCH3 is 1. The average molecular weight is 307 g/mol. The highest BCUT2D eigenvalue weighted by Crippen LogP contribution is 2.28. The molecule has 0 amide bonds. The highest BCUT2D eigenvalue weighted by Gasteiger charge is 2.11. The maximum absolute atomic E-state index is 10.5. The Morgan fingerprint density at radius 3 is 2.82 bits per heavy atom. The van der Waals surface area contributed by atoms with Crippen LogP contribution in [0, 0.1) is 0 Å². The van der Waals surface area contributed by atoms with Gasteiger partial charge >= 0.3 is 5.97 Å². The van der Waals surface area contributed by atoms with Gasteiger partial charge in [0, 0.05) is 25.7 Å². The average Bonchev–Trinajstić information content (AvgIpc) is 2.54. The molecule has 0 saturated carbocycles. The molecule has 1 fully saturated rings. The molecule has 1 aromatic rings. The molecule has 1 heterocycles. The molecule has 6 heteroatoms. The summed E-state index contributed by atoms with van der Waals surface area (Å²) in [6.07, 6.45) is 2.61. The molecular weight excluding hydrogens is 286 g/mol. The molecule has 1 aliphatic rings. The van der Waals surface area contributed by atoms with Gasteiger partial charge in [-0.25, -0.2) is 4.79 Å². The normalized spacial score (nSPS) is 15.9. The maximum atomic E-state index is 10.5. The first-order valence-corrected chi connectivity index (χ1v) is 7.21. The molecule has 0 atom stereocenters. The summed E-state index contributed by atoms with van der Waals surface area (Å²) in [6.45, 7) is 4.81. The summed E-state index contributed by atoms with van der Waals surface area (Å²) in [5, 5.41) is 8.64. The van der Waals surface area contributed by atoms with Crippen LogP contribution in [0.3, 0.4) is 0 Å². The third kappa shape index (κ3) is 5.05. The third-order valence-corrected chi connectivity index (χ3v) is 3.37. The summed E-state index contributed by atoms with van der Waals surface area (Å²) in [4.78, 5) is 12.8. The summed E-state index contributed by atoms with van der Waals surface area (Å²) in [6, 6.07) is 5.34. The second-order valence-corrected chi connectivity index (χ2v) is 4.88. The Morgan fingerprint density at radius 1 is 1.36 bits per heavy atom. The minimum atomic E-state index is -0.982. The van der Waals surface area contributed by atoms with Gasteiger partial charge in [-0.05, 0) is 23.8 Å². The minimum Gasteiger partial charge on any atom is -0.493 e. The number of carboxylic acids is 1. The fourth-order valence-electron chi connectivity index (χ4n) is 2.18. The quantitative estimate of drug-likeness (QED) is 0.770. The van der Waals surface area contributed by atoms with Crippen LogP contribution in [0.25, 0.3) is 6.08 Å². The Balaban J connectivity index is 1.90. The molecule has 0 spiro atoms. The lowest BCUT2D eigenvalue weighted by Gasteiger charge is -2.26. The van der Waals surface area contributed by atoms with E-state index >= 15 is 0 Å². The number of carbonyl (C=O) groups is 1. The van der Waals surface area contributed by atoms with Gasteiger partial charge in [-0.1, -0.05) is 6.07 Å². The van der Waals surface area contributed by atoms with Crippen molar-refractivity contribution in [3.63, 3.8) is 0 Å². The number of ether oxygens (including phenoxy) is 3. The van der Waals surface area contributed by atoms with Gasteiger partial charge in [-0.2, -0.15) is 0 Å². The van der Waals surface area contributed by atoms with Crippen molar-refractivity contribution in [1.82, 2.24) is 4.90 Å². The van der Waals surface area contributed by atoms with Gasteiger partial charge in [0.2, 0.25) is 0 Å². The minimum absolute atomic E-state index is 0.570. The Morgan fingerprint density at radius 2 is 2.14 bits per heavy atom. The molecule has 0 aromatic heterocycles. The molecule has 0 unspecified atom stereocenters. The Hall–Kier alpha value is -2.05. The van der Waals surface area contributed by atoms with E-state index in [0.717, 1.165) is 44.5 Å². The Labute approximate surface area is 129 Å². The van der Waals surface area contributed by atoms with Crippen molar-refractivity contribution in [2.75, 3.05) is 46.6 Å². The fraction of sp³-hybridized carbons (Fsp3) is 0.438. The van der Waals surface area contributed by atoms with Crippen LogP contribution in [0.4, 0.5) is 0 Å². The highest BCUT2D eigenvalue weighted by atomic mass is 16.5. The van der Waals surface area contributed by atoms with Gasteiger partial charge in [0.25, 0.3) is 0 Å². The van der Waals surface area contributed by atoms with Crippen molar-refractivity contribution in [3.05, 3.63) is 29.8 Å². The Bertz CT molecular complexity index is 523. The first kappa shape index (κ1) is 16.3. The number of hydrogen-bond acceptors (Lipinski definition) is 5. The maximum Gasteiger partial charge on any atom is 0.328 e. The lowest BCUT2D eigenvalue weighted by Crippen LogP contribution is -2.38. The first-order valence-electron chi connectivity index (χ1n) is 7.21. The lowest BCUT2D eigenvalue weighted by atomic mass is 10.2. The number of rotatable bonds is 7. The van der Waals surface area contributed by atoms with Crippen molar-refractivity contribution in [3.8, 4) is 11.5 Å². The molecule has 0 aliphatic carbocycles. The van der Waals surface area contributed by atoms with Gasteiger partial charge in [-0.15, -0.1) is 0 Å². The van der Waals surface area contributed by atoms with Gasteiger partial charge < -0.3 is 19.3 Å². The van der Waals surface area contributed by atoms with Crippen molar-refractivity contribution in [2.45, 2.75) is 0 Å². The molecule has 120 valence electrons. The zero-order valence-corrected chi connectivity index (χ0v) is 12.7. The van der Waals surface area contributed by atoms with Gasteiger partial charge in [0.05, 0.1) is 20.3 Å². The van der Waals surface area contributed by atoms with E-state index in [1.165, 1.54) is 6.08 Å². The van der Waals surface area contributed by atoms with Crippen LogP contribution in [0.2, 0.25) is 0 Å². The number of morpholine rings is 1. The SMILES string of the molecule is COc1cc(/C=C/C(=O)O)ccc1OCCN1CCOCC1. The van der Waals surface area contributed by atoms with Crippen LogP contribution in [-0.4, -0.2) is 62.5 Å². The fourth-order valence-corrected chi connectivity index (χ4v) is 2.18. The zero-order valence-electron chi connectivity index (χ0n) is 12.7. The van der Waals surface area contributed by atoms with Crippen molar-refractivity contribution in [2.24, 2.45) is 0 Å². The number of nitrogens with zero attached hydrogens (tertiary/aromatic N) is 1. The van der Waals surface area contributed by atoms with E-state index in [2.05, 4.69) is 4.90 Å². The smallest absolute Gasteiger partial charge is 0.328 e. The second kappa shape index (κ2) is 8.41. The molecule has 1 saturated heterocycles. The van der Waals surface area contributed by atoms with E-state index < -0.39 is 5.97 Å². The van der Waals surface area contributed by atoms with Crippen LogP contribution in [-0.2, 0) is 9.53 Å². The summed E-state index contributed by atoms with van der Waals surface area (Å²) < 4.78 is 16.4. The van der Waals surface area contributed by atoms with Crippen LogP contribution in [0.1, 0.15) is 5.56 Å². The van der Waals surface area contributed by atoms with E-state index in [1.54, 1.807) is 25.3 Å². The van der Waals surface area contributed by atoms with Gasteiger partial charge in [-0.3, -0.25) is 4.90 Å². The number of aliphatic carboxylic acids is 1. The Kier molecular flexibility index (Phi) is 6.24. The lowest BCUT2D eigenvalue weighted by molar-refractivity contribution is -0.131.